The lowest BCUT2D eigenvalue weighted by Gasteiger charge is -2.26. The van der Waals surface area contributed by atoms with Crippen molar-refractivity contribution in [3.8, 4) is 0 Å². The Labute approximate surface area is 90.3 Å². The van der Waals surface area contributed by atoms with Gasteiger partial charge in [-0.05, 0) is 31.9 Å². The van der Waals surface area contributed by atoms with Gasteiger partial charge in [0.1, 0.15) is 5.60 Å². The van der Waals surface area contributed by atoms with E-state index < -0.39 is 0 Å². The van der Waals surface area contributed by atoms with E-state index in [1.54, 1.807) is 0 Å². The molecule has 2 rings (SSSR count). The van der Waals surface area contributed by atoms with E-state index >= 15 is 0 Å². The molecule has 0 amide bonds. The first-order chi connectivity index (χ1) is 7.00. The third-order valence-electron chi connectivity index (χ3n) is 3.15. The van der Waals surface area contributed by atoms with Gasteiger partial charge in [-0.25, -0.2) is 0 Å². The van der Waals surface area contributed by atoms with Crippen molar-refractivity contribution in [2.45, 2.75) is 38.7 Å². The predicted octanol–water partition coefficient (Wildman–Crippen LogP) is 2.80. The maximum Gasteiger partial charge on any atom is 0.307 e. The number of carbonyl (C=O) groups is 1. The van der Waals surface area contributed by atoms with Gasteiger partial charge in [0, 0.05) is 5.92 Å². The number of cyclic esters (lactones) is 1. The topological polar surface area (TPSA) is 26.3 Å². The zero-order valence-electron chi connectivity index (χ0n) is 9.41. The van der Waals surface area contributed by atoms with Gasteiger partial charge in [0.2, 0.25) is 0 Å². The largest absolute Gasteiger partial charge is 0.459 e. The summed E-state index contributed by atoms with van der Waals surface area (Å²) in [6.45, 7) is 6.04. The molecule has 0 N–H and O–H groups in total. The standard InChI is InChI=1S/C13H16O2/c1-9-6-4-5-7-10(9)11-8-12(14)15-13(11,2)3/h4-7,11H,8H2,1-3H3/t11-/m0/s1. The van der Waals surface area contributed by atoms with Crippen LogP contribution in [0.2, 0.25) is 0 Å². The molecular weight excluding hydrogens is 188 g/mol. The van der Waals surface area contributed by atoms with Crippen molar-refractivity contribution < 1.29 is 9.53 Å². The van der Waals surface area contributed by atoms with Crippen molar-refractivity contribution in [3.63, 3.8) is 0 Å². The van der Waals surface area contributed by atoms with Crippen LogP contribution in [-0.4, -0.2) is 11.6 Å². The van der Waals surface area contributed by atoms with Gasteiger partial charge in [-0.3, -0.25) is 4.79 Å². The highest BCUT2D eigenvalue weighted by molar-refractivity contribution is 5.74. The van der Waals surface area contributed by atoms with Crippen LogP contribution in [0.25, 0.3) is 0 Å². The zero-order chi connectivity index (χ0) is 11.1. The molecule has 15 heavy (non-hydrogen) atoms. The van der Waals surface area contributed by atoms with Gasteiger partial charge in [-0.2, -0.15) is 0 Å². The number of hydrogen-bond acceptors (Lipinski definition) is 2. The summed E-state index contributed by atoms with van der Waals surface area (Å²) in [5, 5.41) is 0. The maximum absolute atomic E-state index is 11.3. The van der Waals surface area contributed by atoms with Crippen LogP contribution in [0.5, 0.6) is 0 Å². The molecular formula is C13H16O2. The Hall–Kier alpha value is -1.31. The highest BCUT2D eigenvalue weighted by Crippen LogP contribution is 2.41. The quantitative estimate of drug-likeness (QED) is 0.657. The molecule has 2 nitrogen and oxygen atoms in total. The Balaban J connectivity index is 2.40. The van der Waals surface area contributed by atoms with E-state index in [1.807, 2.05) is 26.0 Å². The first-order valence-corrected chi connectivity index (χ1v) is 5.28. The molecule has 1 saturated heterocycles. The van der Waals surface area contributed by atoms with E-state index in [9.17, 15) is 4.79 Å². The number of benzene rings is 1. The normalized spacial score (nSPS) is 23.9. The zero-order valence-corrected chi connectivity index (χ0v) is 9.41. The van der Waals surface area contributed by atoms with Crippen molar-refractivity contribution in [3.05, 3.63) is 35.4 Å². The maximum atomic E-state index is 11.3. The molecule has 1 aliphatic heterocycles. The molecule has 0 radical (unpaired) electrons. The van der Waals surface area contributed by atoms with Gasteiger partial charge in [0.05, 0.1) is 6.42 Å². The number of aryl methyl sites for hydroxylation is 1. The second-order valence-corrected chi connectivity index (χ2v) is 4.69. The molecule has 1 aromatic carbocycles. The van der Waals surface area contributed by atoms with Gasteiger partial charge in [-0.1, -0.05) is 24.3 Å². The minimum atomic E-state index is -0.372. The molecule has 80 valence electrons. The summed E-state index contributed by atoms with van der Waals surface area (Å²) in [6.07, 6.45) is 0.498. The summed E-state index contributed by atoms with van der Waals surface area (Å²) in [5.74, 6) is 0.0967. The Bertz CT molecular complexity index is 393. The second kappa shape index (κ2) is 3.37. The number of rotatable bonds is 1. The van der Waals surface area contributed by atoms with Gasteiger partial charge in [-0.15, -0.1) is 0 Å². The Morgan fingerprint density at radius 3 is 2.53 bits per heavy atom. The van der Waals surface area contributed by atoms with E-state index in [4.69, 9.17) is 4.74 Å². The average molecular weight is 204 g/mol. The van der Waals surface area contributed by atoms with Crippen LogP contribution in [0.1, 0.15) is 37.3 Å². The molecule has 0 unspecified atom stereocenters. The second-order valence-electron chi connectivity index (χ2n) is 4.69. The van der Waals surface area contributed by atoms with Crippen LogP contribution < -0.4 is 0 Å². The van der Waals surface area contributed by atoms with E-state index in [2.05, 4.69) is 19.1 Å². The van der Waals surface area contributed by atoms with E-state index in [1.165, 1.54) is 11.1 Å². The minimum Gasteiger partial charge on any atom is -0.459 e. The van der Waals surface area contributed by atoms with Crippen LogP contribution in [-0.2, 0) is 9.53 Å². The lowest BCUT2D eigenvalue weighted by molar-refractivity contribution is -0.146. The average Bonchev–Trinajstić information content (AvgIpc) is 2.40. The number of esters is 1. The van der Waals surface area contributed by atoms with Gasteiger partial charge in [0.25, 0.3) is 0 Å². The first kappa shape index (κ1) is 10.2. The van der Waals surface area contributed by atoms with Crippen LogP contribution in [0.4, 0.5) is 0 Å². The SMILES string of the molecule is Cc1ccccc1[C@@H]1CC(=O)OC1(C)C. The van der Waals surface area contributed by atoms with Gasteiger partial charge < -0.3 is 4.74 Å². The summed E-state index contributed by atoms with van der Waals surface area (Å²) in [4.78, 5) is 11.3. The molecule has 0 saturated carbocycles. The van der Waals surface area contributed by atoms with Gasteiger partial charge in [0.15, 0.2) is 0 Å². The number of carbonyl (C=O) groups excluding carboxylic acids is 1. The summed E-state index contributed by atoms with van der Waals surface area (Å²) >= 11 is 0. The fourth-order valence-electron chi connectivity index (χ4n) is 2.28. The van der Waals surface area contributed by atoms with Crippen LogP contribution in [0.3, 0.4) is 0 Å². The number of ether oxygens (including phenoxy) is 1. The highest BCUT2D eigenvalue weighted by atomic mass is 16.6. The summed E-state index contributed by atoms with van der Waals surface area (Å²) in [7, 11) is 0. The van der Waals surface area contributed by atoms with Gasteiger partial charge >= 0.3 is 5.97 Å². The van der Waals surface area contributed by atoms with Crippen LogP contribution in [0.15, 0.2) is 24.3 Å². The Morgan fingerprint density at radius 2 is 2.00 bits per heavy atom. The monoisotopic (exact) mass is 204 g/mol. The lowest BCUT2D eigenvalue weighted by Crippen LogP contribution is -2.26. The van der Waals surface area contributed by atoms with Crippen molar-refractivity contribution in [1.29, 1.82) is 0 Å². The highest BCUT2D eigenvalue weighted by Gasteiger charge is 2.42. The molecule has 1 aromatic rings. The molecule has 0 bridgehead atoms. The lowest BCUT2D eigenvalue weighted by atomic mass is 9.82. The van der Waals surface area contributed by atoms with E-state index in [0.717, 1.165) is 0 Å². The fourth-order valence-corrected chi connectivity index (χ4v) is 2.28. The smallest absolute Gasteiger partial charge is 0.307 e. The van der Waals surface area contributed by atoms with Crippen LogP contribution in [0, 0.1) is 6.92 Å². The number of hydrogen-bond donors (Lipinski definition) is 0. The summed E-state index contributed by atoms with van der Waals surface area (Å²) < 4.78 is 5.33. The molecule has 2 heteroatoms. The minimum absolute atomic E-state index is 0.0896. The molecule has 1 atom stereocenters. The van der Waals surface area contributed by atoms with E-state index in [0.29, 0.717) is 6.42 Å². The fraction of sp³-hybridized carbons (Fsp3) is 0.462. The van der Waals surface area contributed by atoms with Crippen molar-refractivity contribution in [2.75, 3.05) is 0 Å². The molecule has 0 aromatic heterocycles. The van der Waals surface area contributed by atoms with Crippen molar-refractivity contribution >= 4 is 5.97 Å². The third kappa shape index (κ3) is 1.76. The van der Waals surface area contributed by atoms with Crippen molar-refractivity contribution in [1.82, 2.24) is 0 Å². The first-order valence-electron chi connectivity index (χ1n) is 5.28. The molecule has 0 spiro atoms. The van der Waals surface area contributed by atoms with E-state index in [-0.39, 0.29) is 17.5 Å². The summed E-state index contributed by atoms with van der Waals surface area (Å²) in [6, 6.07) is 8.20. The summed E-state index contributed by atoms with van der Waals surface area (Å²) in [5.41, 5.74) is 2.09. The predicted molar refractivity (Wildman–Crippen MR) is 58.7 cm³/mol. The van der Waals surface area contributed by atoms with Crippen molar-refractivity contribution in [2.24, 2.45) is 0 Å². The molecule has 1 aliphatic rings. The Morgan fingerprint density at radius 1 is 1.33 bits per heavy atom. The molecule has 1 fully saturated rings. The molecule has 1 heterocycles. The third-order valence-corrected chi connectivity index (χ3v) is 3.15. The Kier molecular flexibility index (Phi) is 2.29. The molecule has 0 aliphatic carbocycles. The van der Waals surface area contributed by atoms with Crippen LogP contribution >= 0.6 is 0 Å².